The van der Waals surface area contributed by atoms with E-state index >= 15 is 0 Å². The molecule has 1 aliphatic rings. The van der Waals surface area contributed by atoms with Crippen LogP contribution < -0.4 is 10.9 Å². The van der Waals surface area contributed by atoms with E-state index in [0.29, 0.717) is 5.56 Å². The van der Waals surface area contributed by atoms with Crippen molar-refractivity contribution in [2.45, 2.75) is 23.6 Å². The van der Waals surface area contributed by atoms with Crippen molar-refractivity contribution in [3.63, 3.8) is 0 Å². The van der Waals surface area contributed by atoms with E-state index in [1.807, 2.05) is 37.3 Å². The molecule has 1 aromatic heterocycles. The van der Waals surface area contributed by atoms with Gasteiger partial charge in [-0.15, -0.1) is 0 Å². The molecular formula is C30H23N3O2S. The Labute approximate surface area is 212 Å². The van der Waals surface area contributed by atoms with Gasteiger partial charge in [0.05, 0.1) is 22.6 Å². The van der Waals surface area contributed by atoms with Crippen LogP contribution in [-0.2, 0) is 0 Å². The molecule has 6 heteroatoms. The lowest BCUT2D eigenvalue weighted by Gasteiger charge is -2.24. The summed E-state index contributed by atoms with van der Waals surface area (Å²) in [4.78, 5) is 20.0. The van der Waals surface area contributed by atoms with Crippen molar-refractivity contribution in [3.8, 4) is 11.4 Å². The van der Waals surface area contributed by atoms with Crippen molar-refractivity contribution in [3.05, 3.63) is 112 Å². The number of nitrogens with zero attached hydrogens (tertiary/aromatic N) is 2. The summed E-state index contributed by atoms with van der Waals surface area (Å²) in [6.45, 7) is 4.08. The first kappa shape index (κ1) is 22.2. The minimum atomic E-state index is -0.0783. The molecule has 6 rings (SSSR count). The smallest absolute Gasteiger partial charge is 0.255 e. The van der Waals surface area contributed by atoms with Crippen molar-refractivity contribution in [2.24, 2.45) is 4.99 Å². The molecule has 0 saturated heterocycles. The van der Waals surface area contributed by atoms with E-state index in [1.165, 1.54) is 10.5 Å². The van der Waals surface area contributed by atoms with Crippen LogP contribution in [0.25, 0.3) is 16.6 Å². The fourth-order valence-electron chi connectivity index (χ4n) is 4.53. The van der Waals surface area contributed by atoms with Crippen LogP contribution in [0.3, 0.4) is 0 Å². The molecular weight excluding hydrogens is 466 g/mol. The van der Waals surface area contributed by atoms with Crippen molar-refractivity contribution in [2.75, 3.05) is 5.32 Å². The summed E-state index contributed by atoms with van der Waals surface area (Å²) in [5.74, 6) is 0.184. The number of para-hydroxylation sites is 2. The molecule has 0 amide bonds. The van der Waals surface area contributed by atoms with Gasteiger partial charge in [0, 0.05) is 38.7 Å². The van der Waals surface area contributed by atoms with Crippen LogP contribution in [0.2, 0.25) is 0 Å². The largest absolute Gasteiger partial charge is 0.507 e. The van der Waals surface area contributed by atoms with E-state index in [0.717, 1.165) is 44.1 Å². The molecule has 1 aliphatic heterocycles. The van der Waals surface area contributed by atoms with Gasteiger partial charge in [-0.3, -0.25) is 14.4 Å². The molecule has 2 heterocycles. The summed E-state index contributed by atoms with van der Waals surface area (Å²) in [6.07, 6.45) is 1.63. The number of benzene rings is 4. The molecule has 36 heavy (non-hydrogen) atoms. The maximum atomic E-state index is 13.2. The first-order valence-electron chi connectivity index (χ1n) is 11.7. The number of aromatic nitrogens is 1. The van der Waals surface area contributed by atoms with Crippen LogP contribution >= 0.6 is 11.8 Å². The molecule has 176 valence electrons. The molecule has 0 spiro atoms. The Bertz CT molecular complexity index is 1740. The normalized spacial score (nSPS) is 12.4. The number of phenolic OH excluding ortho intramolecular Hbond substituents is 1. The van der Waals surface area contributed by atoms with E-state index in [2.05, 4.69) is 47.6 Å². The maximum absolute atomic E-state index is 13.2. The number of fused-ring (bicyclic) bond motifs is 3. The number of aromatic hydroxyl groups is 1. The van der Waals surface area contributed by atoms with E-state index < -0.39 is 0 Å². The zero-order valence-corrected chi connectivity index (χ0v) is 20.6. The van der Waals surface area contributed by atoms with Crippen LogP contribution in [-0.4, -0.2) is 15.9 Å². The third-order valence-electron chi connectivity index (χ3n) is 6.44. The third-order valence-corrected chi connectivity index (χ3v) is 7.55. The minimum absolute atomic E-state index is 0.0783. The molecule has 0 atom stereocenters. The van der Waals surface area contributed by atoms with Gasteiger partial charge in [-0.1, -0.05) is 36.0 Å². The van der Waals surface area contributed by atoms with Crippen LogP contribution in [0, 0.1) is 13.8 Å². The summed E-state index contributed by atoms with van der Waals surface area (Å²) in [6, 6.07) is 26.8. The van der Waals surface area contributed by atoms with Gasteiger partial charge in [0.15, 0.2) is 0 Å². The average molecular weight is 490 g/mol. The second-order valence-electron chi connectivity index (χ2n) is 8.88. The van der Waals surface area contributed by atoms with Gasteiger partial charge in [-0.2, -0.15) is 0 Å². The molecule has 0 radical (unpaired) electrons. The minimum Gasteiger partial charge on any atom is -0.507 e. The number of nitrogens with one attached hydrogen (secondary N) is 1. The number of aliphatic imine (C=N–C) groups is 1. The Balaban J connectivity index is 1.42. The van der Waals surface area contributed by atoms with E-state index in [9.17, 15) is 9.90 Å². The highest BCUT2D eigenvalue weighted by Crippen LogP contribution is 2.47. The van der Waals surface area contributed by atoms with Crippen LogP contribution in [0.5, 0.6) is 5.75 Å². The second-order valence-corrected chi connectivity index (χ2v) is 9.96. The van der Waals surface area contributed by atoms with Crippen molar-refractivity contribution in [1.82, 2.24) is 4.57 Å². The van der Waals surface area contributed by atoms with Gasteiger partial charge in [0.2, 0.25) is 0 Å². The van der Waals surface area contributed by atoms with Gasteiger partial charge in [0.25, 0.3) is 5.56 Å². The Morgan fingerprint density at radius 3 is 2.50 bits per heavy atom. The highest BCUT2D eigenvalue weighted by Gasteiger charge is 2.20. The zero-order valence-electron chi connectivity index (χ0n) is 19.8. The molecule has 5 nitrogen and oxygen atoms in total. The molecule has 2 N–H and O–H groups in total. The second kappa shape index (κ2) is 8.73. The molecule has 4 aromatic carbocycles. The quantitative estimate of drug-likeness (QED) is 0.257. The number of hydrogen-bond acceptors (Lipinski definition) is 5. The SMILES string of the molecule is Cc1cccc2c1Nc1cc3c(cc1S2)c(C)cc(=O)n3-c1ccc(N=Cc2ccccc2O)cc1. The summed E-state index contributed by atoms with van der Waals surface area (Å²) >= 11 is 1.75. The summed E-state index contributed by atoms with van der Waals surface area (Å²) in [5.41, 5.74) is 7.18. The van der Waals surface area contributed by atoms with Crippen LogP contribution in [0.1, 0.15) is 16.7 Å². The predicted octanol–water partition coefficient (Wildman–Crippen LogP) is 7.27. The van der Waals surface area contributed by atoms with Gasteiger partial charge in [-0.25, -0.2) is 0 Å². The van der Waals surface area contributed by atoms with Crippen LogP contribution in [0.15, 0.2) is 105 Å². The molecule has 0 bridgehead atoms. The summed E-state index contributed by atoms with van der Waals surface area (Å²) in [5, 5.41) is 14.6. The number of anilines is 2. The van der Waals surface area contributed by atoms with Crippen molar-refractivity contribution in [1.29, 1.82) is 0 Å². The molecule has 5 aromatic rings. The van der Waals surface area contributed by atoms with Crippen molar-refractivity contribution >= 4 is 45.9 Å². The Kier molecular flexibility index (Phi) is 5.38. The fraction of sp³-hybridized carbons (Fsp3) is 0.0667. The van der Waals surface area contributed by atoms with E-state index in [-0.39, 0.29) is 11.3 Å². The van der Waals surface area contributed by atoms with Gasteiger partial charge >= 0.3 is 0 Å². The van der Waals surface area contributed by atoms with E-state index in [1.54, 1.807) is 46.8 Å². The summed E-state index contributed by atoms with van der Waals surface area (Å²) < 4.78 is 1.75. The Morgan fingerprint density at radius 2 is 1.69 bits per heavy atom. The lowest BCUT2D eigenvalue weighted by atomic mass is 10.1. The first-order valence-corrected chi connectivity index (χ1v) is 12.5. The molecule has 0 aliphatic carbocycles. The lowest BCUT2D eigenvalue weighted by molar-refractivity contribution is 0.474. The number of hydrogen-bond donors (Lipinski definition) is 2. The average Bonchev–Trinajstić information content (AvgIpc) is 2.87. The van der Waals surface area contributed by atoms with Crippen LogP contribution in [0.4, 0.5) is 17.1 Å². The maximum Gasteiger partial charge on any atom is 0.255 e. The standard InChI is InChI=1S/C30H23N3O2S/c1-18-6-5-9-27-30(18)32-24-16-25-23(15-28(24)36-27)19(2)14-29(35)33(25)22-12-10-21(11-13-22)31-17-20-7-3-4-8-26(20)34/h3-17,32,34H,1-2H3. The number of aryl methyl sites for hydroxylation is 2. The number of phenols is 1. The third kappa shape index (κ3) is 3.85. The summed E-state index contributed by atoms with van der Waals surface area (Å²) in [7, 11) is 0. The zero-order chi connectivity index (χ0) is 24.8. The molecule has 0 saturated carbocycles. The monoisotopic (exact) mass is 489 g/mol. The van der Waals surface area contributed by atoms with E-state index in [4.69, 9.17) is 0 Å². The number of pyridine rings is 1. The molecule has 0 fully saturated rings. The number of rotatable bonds is 3. The van der Waals surface area contributed by atoms with Gasteiger partial charge in [-0.05, 0) is 79.6 Å². The molecule has 0 unspecified atom stereocenters. The first-order chi connectivity index (χ1) is 17.5. The van der Waals surface area contributed by atoms with Gasteiger partial charge in [0.1, 0.15) is 5.75 Å². The lowest BCUT2D eigenvalue weighted by Crippen LogP contribution is -2.18. The van der Waals surface area contributed by atoms with Gasteiger partial charge < -0.3 is 10.4 Å². The Hall–Kier alpha value is -4.29. The Morgan fingerprint density at radius 1 is 0.889 bits per heavy atom. The van der Waals surface area contributed by atoms with Crippen molar-refractivity contribution < 1.29 is 5.11 Å². The predicted molar refractivity (Wildman–Crippen MR) is 148 cm³/mol. The highest BCUT2D eigenvalue weighted by molar-refractivity contribution is 7.99. The fourth-order valence-corrected chi connectivity index (χ4v) is 5.63. The highest BCUT2D eigenvalue weighted by atomic mass is 32.2. The topological polar surface area (TPSA) is 66.6 Å².